The van der Waals surface area contributed by atoms with Gasteiger partial charge in [-0.15, -0.1) is 0 Å². The summed E-state index contributed by atoms with van der Waals surface area (Å²) in [5.74, 6) is -0.926. The lowest BCUT2D eigenvalue weighted by Gasteiger charge is -2.18. The van der Waals surface area contributed by atoms with Crippen molar-refractivity contribution in [2.45, 2.75) is 271 Å². The van der Waals surface area contributed by atoms with Crippen molar-refractivity contribution in [2.24, 2.45) is 0 Å². The van der Waals surface area contributed by atoms with Crippen LogP contribution in [0.2, 0.25) is 0 Å². The number of carbonyl (C=O) groups excluding carboxylic acids is 3. The van der Waals surface area contributed by atoms with Gasteiger partial charge in [0.1, 0.15) is 13.2 Å². The van der Waals surface area contributed by atoms with Crippen molar-refractivity contribution in [1.29, 1.82) is 0 Å². The van der Waals surface area contributed by atoms with Gasteiger partial charge in [-0.25, -0.2) is 0 Å². The van der Waals surface area contributed by atoms with Crippen LogP contribution in [0, 0.1) is 0 Å². The van der Waals surface area contributed by atoms with Crippen LogP contribution >= 0.6 is 0 Å². The smallest absolute Gasteiger partial charge is 0.306 e. The summed E-state index contributed by atoms with van der Waals surface area (Å²) in [6.45, 7) is 6.47. The first-order valence-corrected chi connectivity index (χ1v) is 29.4. The van der Waals surface area contributed by atoms with Crippen molar-refractivity contribution in [1.82, 2.24) is 0 Å². The molecule has 0 heterocycles. The number of carbonyl (C=O) groups is 3. The summed E-state index contributed by atoms with van der Waals surface area (Å²) >= 11 is 0. The van der Waals surface area contributed by atoms with Gasteiger partial charge in [-0.1, -0.05) is 246 Å². The number of esters is 3. The molecule has 6 nitrogen and oxygen atoms in total. The predicted molar refractivity (Wildman–Crippen MR) is 307 cm³/mol. The number of ether oxygens (including phenoxy) is 3. The Kier molecular flexibility index (Phi) is 55.4. The minimum atomic E-state index is -0.792. The van der Waals surface area contributed by atoms with Crippen molar-refractivity contribution in [2.75, 3.05) is 13.2 Å². The average molecular weight is 986 g/mol. The second-order valence-electron chi connectivity index (χ2n) is 19.2. The number of hydrogen-bond acceptors (Lipinski definition) is 6. The Morgan fingerprint density at radius 1 is 0.296 bits per heavy atom. The summed E-state index contributed by atoms with van der Waals surface area (Å²) in [5, 5.41) is 0. The standard InChI is InChI=1S/C65H108O6/c1-4-7-10-13-16-19-21-23-25-26-27-28-29-30-31-32-33-34-35-36-37-38-40-41-43-46-49-52-55-58-64(67)70-61-62(60-69-63(66)57-54-51-48-45-18-15-12-9-6-3)71-65(68)59-56-53-50-47-44-42-39-24-22-20-17-14-11-8-5-2/h7,10,16,19,23-25,27-28,30-31,33-34,36-37,39-41,62H,4-6,8-9,11-15,17-18,20-22,26,29,32,35,38,42-61H2,1-3H3/b10-7-,19-16-,25-23-,28-27-,31-30-,34-33-,37-36-,39-24-,41-40-. The maximum absolute atomic E-state index is 12.8. The van der Waals surface area contributed by atoms with Gasteiger partial charge >= 0.3 is 17.9 Å². The Bertz CT molecular complexity index is 1460. The lowest BCUT2D eigenvalue weighted by molar-refractivity contribution is -0.167. The Morgan fingerprint density at radius 3 is 0.873 bits per heavy atom. The van der Waals surface area contributed by atoms with Gasteiger partial charge < -0.3 is 14.2 Å². The van der Waals surface area contributed by atoms with Crippen LogP contribution in [0.3, 0.4) is 0 Å². The van der Waals surface area contributed by atoms with Crippen molar-refractivity contribution in [3.8, 4) is 0 Å². The third-order valence-corrected chi connectivity index (χ3v) is 12.3. The lowest BCUT2D eigenvalue weighted by atomic mass is 10.1. The van der Waals surface area contributed by atoms with Crippen LogP contribution in [0.1, 0.15) is 265 Å². The van der Waals surface area contributed by atoms with Crippen LogP contribution in [0.4, 0.5) is 0 Å². The molecule has 0 aliphatic heterocycles. The number of unbranched alkanes of at least 4 members (excludes halogenated alkanes) is 23. The SMILES string of the molecule is CC/C=C\C/C=C\C/C=C\C/C=C\C/C=C\C/C=C\C/C=C\C/C=C\CCCCCCC(=O)OCC(COC(=O)CCCCCCCCCCC)OC(=O)CCCCCCC/C=C\CCCCCCCC. The fraction of sp³-hybridized carbons (Fsp3) is 0.677. The van der Waals surface area contributed by atoms with Crippen molar-refractivity contribution < 1.29 is 28.6 Å². The second kappa shape index (κ2) is 58.6. The van der Waals surface area contributed by atoms with E-state index >= 15 is 0 Å². The maximum Gasteiger partial charge on any atom is 0.306 e. The van der Waals surface area contributed by atoms with Gasteiger partial charge in [-0.3, -0.25) is 14.4 Å². The van der Waals surface area contributed by atoms with Gasteiger partial charge in [-0.05, 0) is 109 Å². The molecule has 0 rings (SSSR count). The molecule has 404 valence electrons. The number of rotatable bonds is 52. The van der Waals surface area contributed by atoms with E-state index in [4.69, 9.17) is 14.2 Å². The molecule has 0 aromatic heterocycles. The van der Waals surface area contributed by atoms with E-state index in [2.05, 4.69) is 130 Å². The van der Waals surface area contributed by atoms with Crippen LogP contribution < -0.4 is 0 Å². The minimum absolute atomic E-state index is 0.0888. The normalized spacial score (nSPS) is 12.9. The van der Waals surface area contributed by atoms with E-state index in [1.165, 1.54) is 89.9 Å². The molecule has 0 saturated carbocycles. The highest BCUT2D eigenvalue weighted by Crippen LogP contribution is 2.14. The van der Waals surface area contributed by atoms with E-state index < -0.39 is 6.10 Å². The molecule has 0 aliphatic carbocycles. The molecule has 0 aromatic rings. The summed E-state index contributed by atoms with van der Waals surface area (Å²) in [6.07, 6.45) is 79.5. The van der Waals surface area contributed by atoms with Gasteiger partial charge in [0, 0.05) is 19.3 Å². The van der Waals surface area contributed by atoms with Gasteiger partial charge in [0.05, 0.1) is 0 Å². The van der Waals surface area contributed by atoms with E-state index in [-0.39, 0.29) is 31.1 Å². The lowest BCUT2D eigenvalue weighted by Crippen LogP contribution is -2.30. The van der Waals surface area contributed by atoms with E-state index in [0.717, 1.165) is 135 Å². The molecule has 0 bridgehead atoms. The molecule has 1 atom stereocenters. The zero-order valence-corrected chi connectivity index (χ0v) is 46.2. The van der Waals surface area contributed by atoms with Crippen LogP contribution in [-0.4, -0.2) is 37.2 Å². The maximum atomic E-state index is 12.8. The third-order valence-electron chi connectivity index (χ3n) is 12.3. The molecule has 0 aromatic carbocycles. The highest BCUT2D eigenvalue weighted by molar-refractivity contribution is 5.71. The largest absolute Gasteiger partial charge is 0.462 e. The van der Waals surface area contributed by atoms with Crippen LogP contribution in [0.15, 0.2) is 109 Å². The summed E-state index contributed by atoms with van der Waals surface area (Å²) in [4.78, 5) is 38.0. The van der Waals surface area contributed by atoms with E-state index in [1.807, 2.05) is 0 Å². The quantitative estimate of drug-likeness (QED) is 0.0261. The van der Waals surface area contributed by atoms with Crippen molar-refractivity contribution in [3.63, 3.8) is 0 Å². The molecule has 0 radical (unpaired) electrons. The molecular formula is C65H108O6. The molecule has 71 heavy (non-hydrogen) atoms. The Balaban J connectivity index is 4.30. The summed E-state index contributed by atoms with van der Waals surface area (Å²) in [6, 6.07) is 0. The van der Waals surface area contributed by atoms with Gasteiger partial charge in [0.15, 0.2) is 6.10 Å². The van der Waals surface area contributed by atoms with Crippen LogP contribution in [-0.2, 0) is 28.6 Å². The molecule has 0 spiro atoms. The predicted octanol–water partition coefficient (Wildman–Crippen LogP) is 19.9. The highest BCUT2D eigenvalue weighted by Gasteiger charge is 2.19. The first kappa shape index (κ1) is 67.1. The third kappa shape index (κ3) is 56.9. The Hall–Kier alpha value is -3.93. The van der Waals surface area contributed by atoms with Gasteiger partial charge in [0.25, 0.3) is 0 Å². The van der Waals surface area contributed by atoms with E-state index in [0.29, 0.717) is 19.3 Å². The summed E-state index contributed by atoms with van der Waals surface area (Å²) in [5.41, 5.74) is 0. The average Bonchev–Trinajstić information content (AvgIpc) is 3.37. The molecule has 0 N–H and O–H groups in total. The van der Waals surface area contributed by atoms with E-state index in [1.54, 1.807) is 0 Å². The van der Waals surface area contributed by atoms with Crippen LogP contribution in [0.25, 0.3) is 0 Å². The fourth-order valence-corrected chi connectivity index (χ4v) is 7.86. The molecule has 1 unspecified atom stereocenters. The van der Waals surface area contributed by atoms with Gasteiger partial charge in [-0.2, -0.15) is 0 Å². The van der Waals surface area contributed by atoms with Crippen LogP contribution in [0.5, 0.6) is 0 Å². The minimum Gasteiger partial charge on any atom is -0.462 e. The van der Waals surface area contributed by atoms with Gasteiger partial charge in [0.2, 0.25) is 0 Å². The number of allylic oxidation sites excluding steroid dienone is 18. The number of hydrogen-bond donors (Lipinski definition) is 0. The van der Waals surface area contributed by atoms with Crippen molar-refractivity contribution in [3.05, 3.63) is 109 Å². The summed E-state index contributed by atoms with van der Waals surface area (Å²) in [7, 11) is 0. The molecular weight excluding hydrogens is 877 g/mol. The monoisotopic (exact) mass is 985 g/mol. The molecule has 0 amide bonds. The summed E-state index contributed by atoms with van der Waals surface area (Å²) < 4.78 is 16.8. The Labute approximate surface area is 438 Å². The topological polar surface area (TPSA) is 78.9 Å². The first-order valence-electron chi connectivity index (χ1n) is 29.4. The Morgan fingerprint density at radius 2 is 0.549 bits per heavy atom. The highest BCUT2D eigenvalue weighted by atomic mass is 16.6. The van der Waals surface area contributed by atoms with Crippen molar-refractivity contribution >= 4 is 17.9 Å². The molecule has 0 fully saturated rings. The fourth-order valence-electron chi connectivity index (χ4n) is 7.86. The second-order valence-corrected chi connectivity index (χ2v) is 19.2. The zero-order chi connectivity index (χ0) is 51.4. The molecule has 0 aliphatic rings. The molecule has 0 saturated heterocycles. The molecule has 6 heteroatoms. The first-order chi connectivity index (χ1) is 35.0. The van der Waals surface area contributed by atoms with E-state index in [9.17, 15) is 14.4 Å². The zero-order valence-electron chi connectivity index (χ0n) is 46.2.